The number of methoxy groups -OCH3 is 2. The second kappa shape index (κ2) is 11.9. The van der Waals surface area contributed by atoms with E-state index in [4.69, 9.17) is 14.2 Å². The smallest absolute Gasteiger partial charge is 0.264 e. The molecule has 8 nitrogen and oxygen atoms in total. The summed E-state index contributed by atoms with van der Waals surface area (Å²) in [6.07, 6.45) is 0. The lowest BCUT2D eigenvalue weighted by molar-refractivity contribution is -0.119. The summed E-state index contributed by atoms with van der Waals surface area (Å²) >= 11 is 0. The minimum atomic E-state index is -4.11. The van der Waals surface area contributed by atoms with E-state index >= 15 is 0 Å². The second-order valence-electron chi connectivity index (χ2n) is 8.54. The number of carbonyl (C=O) groups is 1. The van der Waals surface area contributed by atoms with E-state index in [2.05, 4.69) is 5.32 Å². The van der Waals surface area contributed by atoms with E-state index in [1.165, 1.54) is 32.4 Å². The Kier molecular flexibility index (Phi) is 8.38. The maximum absolute atomic E-state index is 13.7. The van der Waals surface area contributed by atoms with Crippen molar-refractivity contribution in [1.82, 2.24) is 5.32 Å². The lowest BCUT2D eigenvalue weighted by Crippen LogP contribution is -2.42. The van der Waals surface area contributed by atoms with Crippen molar-refractivity contribution in [3.05, 3.63) is 90.5 Å². The third-order valence-corrected chi connectivity index (χ3v) is 7.75. The van der Waals surface area contributed by atoms with Crippen LogP contribution in [-0.2, 0) is 14.8 Å². The Morgan fingerprint density at radius 3 is 2.29 bits per heavy atom. The van der Waals surface area contributed by atoms with E-state index in [9.17, 15) is 13.2 Å². The van der Waals surface area contributed by atoms with Crippen LogP contribution in [0.2, 0.25) is 0 Å². The van der Waals surface area contributed by atoms with Crippen molar-refractivity contribution in [3.8, 4) is 17.2 Å². The number of anilines is 1. The minimum Gasteiger partial charge on any atom is -0.493 e. The molecule has 0 heterocycles. The maximum Gasteiger partial charge on any atom is 0.264 e. The van der Waals surface area contributed by atoms with E-state index in [1.54, 1.807) is 24.3 Å². The molecule has 0 bridgehead atoms. The lowest BCUT2D eigenvalue weighted by Gasteiger charge is -2.24. The second-order valence-corrected chi connectivity index (χ2v) is 10.4. The van der Waals surface area contributed by atoms with Crippen LogP contribution >= 0.6 is 0 Å². The molecular weight excluding hydrogens is 504 g/mol. The molecule has 4 aromatic carbocycles. The third-order valence-electron chi connectivity index (χ3n) is 5.98. The highest BCUT2D eigenvalue weighted by molar-refractivity contribution is 7.92. The average Bonchev–Trinajstić information content (AvgIpc) is 2.94. The predicted octanol–water partition coefficient (Wildman–Crippen LogP) is 4.56. The molecule has 38 heavy (non-hydrogen) atoms. The van der Waals surface area contributed by atoms with Crippen LogP contribution in [0.5, 0.6) is 17.2 Å². The van der Waals surface area contributed by atoms with Crippen molar-refractivity contribution in [1.29, 1.82) is 0 Å². The number of rotatable bonds is 11. The molecule has 0 aliphatic carbocycles. The molecule has 198 valence electrons. The van der Waals surface area contributed by atoms with Gasteiger partial charge < -0.3 is 19.5 Å². The number of benzene rings is 4. The molecule has 4 rings (SSSR count). The fraction of sp³-hybridized carbons (Fsp3) is 0.207. The Labute approximate surface area is 222 Å². The van der Waals surface area contributed by atoms with Gasteiger partial charge in [0.15, 0.2) is 11.5 Å². The number of aryl methyl sites for hydroxylation is 1. The predicted molar refractivity (Wildman–Crippen MR) is 148 cm³/mol. The standard InChI is InChI=1S/C29H30N2O6S/c1-21-11-13-23(14-12-21)31(38(33,34)24-15-16-27(35-2)28(19-24)36-3)20-29(32)30-17-18-37-26-10-6-8-22-7-4-5-9-25(22)26/h4-16,19H,17-18,20H2,1-3H3,(H,30,32). The van der Waals surface area contributed by atoms with E-state index in [1.807, 2.05) is 49.4 Å². The van der Waals surface area contributed by atoms with Gasteiger partial charge in [-0.15, -0.1) is 0 Å². The number of nitrogens with one attached hydrogen (secondary N) is 1. The van der Waals surface area contributed by atoms with Crippen molar-refractivity contribution in [3.63, 3.8) is 0 Å². The summed E-state index contributed by atoms with van der Waals surface area (Å²) in [6, 6.07) is 24.9. The molecule has 0 aromatic heterocycles. The molecule has 0 unspecified atom stereocenters. The van der Waals surface area contributed by atoms with Gasteiger partial charge in [0, 0.05) is 11.5 Å². The topological polar surface area (TPSA) is 94.2 Å². The SMILES string of the molecule is COc1ccc(S(=O)(=O)N(CC(=O)NCCOc2cccc3ccccc23)c2ccc(C)cc2)cc1OC. The largest absolute Gasteiger partial charge is 0.493 e. The van der Waals surface area contributed by atoms with Crippen LogP contribution in [0.25, 0.3) is 10.8 Å². The normalized spacial score (nSPS) is 11.1. The zero-order valence-corrected chi connectivity index (χ0v) is 22.3. The molecular formula is C29H30N2O6S. The van der Waals surface area contributed by atoms with Gasteiger partial charge in [0.25, 0.3) is 10.0 Å². The van der Waals surface area contributed by atoms with Crippen LogP contribution in [0.4, 0.5) is 5.69 Å². The first-order valence-electron chi connectivity index (χ1n) is 12.0. The van der Waals surface area contributed by atoms with Crippen molar-refractivity contribution in [2.75, 3.05) is 38.2 Å². The van der Waals surface area contributed by atoms with E-state index in [-0.39, 0.29) is 23.8 Å². The number of hydrogen-bond acceptors (Lipinski definition) is 6. The summed E-state index contributed by atoms with van der Waals surface area (Å²) in [5.41, 5.74) is 1.33. The highest BCUT2D eigenvalue weighted by atomic mass is 32.2. The molecule has 0 spiro atoms. The minimum absolute atomic E-state index is 0.0252. The fourth-order valence-electron chi connectivity index (χ4n) is 3.99. The summed E-state index contributed by atoms with van der Waals surface area (Å²) in [5, 5.41) is 4.80. The van der Waals surface area contributed by atoms with Gasteiger partial charge in [-0.3, -0.25) is 9.10 Å². The van der Waals surface area contributed by atoms with Gasteiger partial charge in [-0.05, 0) is 42.6 Å². The van der Waals surface area contributed by atoms with Gasteiger partial charge >= 0.3 is 0 Å². The van der Waals surface area contributed by atoms with Gasteiger partial charge in [0.05, 0.1) is 31.3 Å². The number of amides is 1. The number of hydrogen-bond donors (Lipinski definition) is 1. The molecule has 1 N–H and O–H groups in total. The number of carbonyl (C=O) groups excluding carboxylic acids is 1. The van der Waals surface area contributed by atoms with Gasteiger partial charge in [0.2, 0.25) is 5.91 Å². The fourth-order valence-corrected chi connectivity index (χ4v) is 5.43. The van der Waals surface area contributed by atoms with Crippen molar-refractivity contribution in [2.24, 2.45) is 0 Å². The average molecular weight is 535 g/mol. The Hall–Kier alpha value is -4.24. The monoisotopic (exact) mass is 534 g/mol. The molecule has 0 aliphatic heterocycles. The molecule has 0 saturated carbocycles. The number of fused-ring (bicyclic) bond motifs is 1. The molecule has 4 aromatic rings. The number of sulfonamides is 1. The first-order valence-corrected chi connectivity index (χ1v) is 13.5. The lowest BCUT2D eigenvalue weighted by atomic mass is 10.1. The molecule has 0 radical (unpaired) electrons. The molecule has 1 amide bonds. The summed E-state index contributed by atoms with van der Waals surface area (Å²) in [6.45, 7) is 1.93. The first kappa shape index (κ1) is 26.8. The number of nitrogens with zero attached hydrogens (tertiary/aromatic N) is 1. The Balaban J connectivity index is 1.48. The van der Waals surface area contributed by atoms with Crippen LogP contribution in [0.3, 0.4) is 0 Å². The highest BCUT2D eigenvalue weighted by Gasteiger charge is 2.28. The van der Waals surface area contributed by atoms with Crippen molar-refractivity contribution in [2.45, 2.75) is 11.8 Å². The number of ether oxygens (including phenoxy) is 3. The van der Waals surface area contributed by atoms with Gasteiger partial charge in [-0.1, -0.05) is 54.1 Å². The van der Waals surface area contributed by atoms with Crippen LogP contribution < -0.4 is 23.8 Å². The van der Waals surface area contributed by atoms with Crippen LogP contribution in [0.1, 0.15) is 5.56 Å². The van der Waals surface area contributed by atoms with Crippen molar-refractivity contribution >= 4 is 32.4 Å². The van der Waals surface area contributed by atoms with Crippen molar-refractivity contribution < 1.29 is 27.4 Å². The molecule has 0 atom stereocenters. The third kappa shape index (κ3) is 6.00. The van der Waals surface area contributed by atoms with Gasteiger partial charge in [0.1, 0.15) is 18.9 Å². The Morgan fingerprint density at radius 1 is 0.842 bits per heavy atom. The van der Waals surface area contributed by atoms with E-state index in [0.29, 0.717) is 11.4 Å². The molecule has 0 saturated heterocycles. The van der Waals surface area contributed by atoms with E-state index < -0.39 is 22.5 Å². The quantitative estimate of drug-likeness (QED) is 0.284. The van der Waals surface area contributed by atoms with Crippen LogP contribution in [0.15, 0.2) is 89.8 Å². The highest BCUT2D eigenvalue weighted by Crippen LogP contribution is 2.32. The summed E-state index contributed by atoms with van der Waals surface area (Å²) in [4.78, 5) is 12.9. The maximum atomic E-state index is 13.7. The van der Waals surface area contributed by atoms with Gasteiger partial charge in [-0.2, -0.15) is 0 Å². The summed E-state index contributed by atoms with van der Waals surface area (Å²) < 4.78 is 44.8. The summed E-state index contributed by atoms with van der Waals surface area (Å²) in [7, 11) is -1.21. The van der Waals surface area contributed by atoms with E-state index in [0.717, 1.165) is 26.4 Å². The van der Waals surface area contributed by atoms with Gasteiger partial charge in [-0.25, -0.2) is 8.42 Å². The molecule has 9 heteroatoms. The Bertz CT molecular complexity index is 1510. The van der Waals surface area contributed by atoms with Crippen LogP contribution in [0, 0.1) is 6.92 Å². The molecule has 0 aliphatic rings. The molecule has 0 fully saturated rings. The zero-order chi connectivity index (χ0) is 27.1. The zero-order valence-electron chi connectivity index (χ0n) is 21.5. The van der Waals surface area contributed by atoms with Crippen LogP contribution in [-0.4, -0.2) is 48.2 Å². The summed E-state index contributed by atoms with van der Waals surface area (Å²) in [5.74, 6) is 0.926. The Morgan fingerprint density at radius 2 is 1.55 bits per heavy atom. The first-order chi connectivity index (χ1) is 18.3.